The summed E-state index contributed by atoms with van der Waals surface area (Å²) in [4.78, 5) is 0. The van der Waals surface area contributed by atoms with Crippen LogP contribution in [0.5, 0.6) is 0 Å². The zero-order chi connectivity index (χ0) is 13.1. The third-order valence-corrected chi connectivity index (χ3v) is 4.16. The number of rotatable bonds is 5. The predicted octanol–water partition coefficient (Wildman–Crippen LogP) is 1.16. The molecule has 0 radical (unpaired) electrons. The van der Waals surface area contributed by atoms with Gasteiger partial charge in [-0.25, -0.2) is 8.42 Å². The molecule has 5 heteroatoms. The maximum absolute atomic E-state index is 12.0. The van der Waals surface area contributed by atoms with E-state index in [0.29, 0.717) is 24.4 Å². The van der Waals surface area contributed by atoms with Crippen molar-refractivity contribution >= 4 is 10.0 Å². The molecule has 0 unspecified atom stereocenters. The Labute approximate surface area is 103 Å². The van der Waals surface area contributed by atoms with Crippen LogP contribution in [0.3, 0.4) is 0 Å². The van der Waals surface area contributed by atoms with Crippen molar-refractivity contribution in [1.82, 2.24) is 4.31 Å². The molecule has 0 aliphatic carbocycles. The summed E-state index contributed by atoms with van der Waals surface area (Å²) in [5.74, 6) is -0.0854. The smallest absolute Gasteiger partial charge is 0.218 e. The molecule has 1 aliphatic rings. The average molecular weight is 254 g/mol. The first-order valence-electron chi connectivity index (χ1n) is 5.25. The Bertz CT molecular complexity index is 487. The standard InChI is InChI=1S/C12H18N2O2S/c1-10-6-7-14(8-10)17(15,16)9-11(2)4-5-12(3)13/h4-6H,2-3,7-9,13H2,1H3/b5-4-. The van der Waals surface area contributed by atoms with Crippen LogP contribution >= 0.6 is 0 Å². The van der Waals surface area contributed by atoms with Gasteiger partial charge in [0.1, 0.15) is 0 Å². The molecule has 2 N–H and O–H groups in total. The van der Waals surface area contributed by atoms with Crippen LogP contribution in [0.2, 0.25) is 0 Å². The Morgan fingerprint density at radius 3 is 2.65 bits per heavy atom. The van der Waals surface area contributed by atoms with Crippen molar-refractivity contribution in [2.75, 3.05) is 18.8 Å². The first kappa shape index (κ1) is 13.7. The van der Waals surface area contributed by atoms with Crippen molar-refractivity contribution < 1.29 is 8.42 Å². The summed E-state index contributed by atoms with van der Waals surface area (Å²) >= 11 is 0. The lowest BCUT2D eigenvalue weighted by Gasteiger charge is -2.16. The van der Waals surface area contributed by atoms with Crippen LogP contribution in [0.15, 0.2) is 48.2 Å². The molecule has 0 saturated heterocycles. The van der Waals surface area contributed by atoms with Crippen LogP contribution in [0, 0.1) is 0 Å². The molecule has 17 heavy (non-hydrogen) atoms. The molecule has 1 aliphatic heterocycles. The Morgan fingerprint density at radius 2 is 2.18 bits per heavy atom. The largest absolute Gasteiger partial charge is 0.399 e. The minimum Gasteiger partial charge on any atom is -0.399 e. The summed E-state index contributed by atoms with van der Waals surface area (Å²) < 4.78 is 25.4. The van der Waals surface area contributed by atoms with Gasteiger partial charge in [0.25, 0.3) is 0 Å². The van der Waals surface area contributed by atoms with E-state index in [1.807, 2.05) is 13.0 Å². The monoisotopic (exact) mass is 254 g/mol. The van der Waals surface area contributed by atoms with Crippen molar-refractivity contribution in [2.45, 2.75) is 6.92 Å². The maximum Gasteiger partial charge on any atom is 0.218 e. The van der Waals surface area contributed by atoms with Gasteiger partial charge in [-0.2, -0.15) is 4.31 Å². The maximum atomic E-state index is 12.0. The highest BCUT2D eigenvalue weighted by molar-refractivity contribution is 7.89. The van der Waals surface area contributed by atoms with E-state index < -0.39 is 10.0 Å². The third-order valence-electron chi connectivity index (χ3n) is 2.36. The van der Waals surface area contributed by atoms with Crippen molar-refractivity contribution in [3.63, 3.8) is 0 Å². The van der Waals surface area contributed by atoms with Gasteiger partial charge < -0.3 is 5.73 Å². The second-order valence-corrected chi connectivity index (χ2v) is 6.13. The number of nitrogens with two attached hydrogens (primary N) is 1. The van der Waals surface area contributed by atoms with Gasteiger partial charge in [-0.15, -0.1) is 0 Å². The van der Waals surface area contributed by atoms with E-state index in [-0.39, 0.29) is 5.75 Å². The molecule has 0 aromatic rings. The summed E-state index contributed by atoms with van der Waals surface area (Å²) in [6.07, 6.45) is 5.04. The quantitative estimate of drug-likeness (QED) is 0.591. The number of allylic oxidation sites excluding steroid dienone is 2. The first-order valence-corrected chi connectivity index (χ1v) is 6.86. The molecule has 94 valence electrons. The van der Waals surface area contributed by atoms with E-state index in [4.69, 9.17) is 5.73 Å². The zero-order valence-electron chi connectivity index (χ0n) is 10.0. The molecule has 1 rings (SSSR count). The van der Waals surface area contributed by atoms with Crippen LogP contribution in [-0.2, 0) is 10.0 Å². The minimum absolute atomic E-state index is 0.0854. The highest BCUT2D eigenvalue weighted by Crippen LogP contribution is 2.15. The fourth-order valence-corrected chi connectivity index (χ4v) is 2.92. The topological polar surface area (TPSA) is 63.4 Å². The zero-order valence-corrected chi connectivity index (χ0v) is 10.8. The minimum atomic E-state index is -3.28. The number of hydrogen-bond acceptors (Lipinski definition) is 3. The Balaban J connectivity index is 2.62. The lowest BCUT2D eigenvalue weighted by atomic mass is 10.3. The summed E-state index contributed by atoms with van der Waals surface area (Å²) in [5.41, 5.74) is 7.31. The summed E-state index contributed by atoms with van der Waals surface area (Å²) in [7, 11) is -3.28. The molecular weight excluding hydrogens is 236 g/mol. The van der Waals surface area contributed by atoms with Gasteiger partial charge in [0, 0.05) is 18.8 Å². The SMILES string of the molecule is C=C(N)/C=C\C(=C)CS(=O)(=O)N1CC=C(C)C1. The molecule has 0 atom stereocenters. The van der Waals surface area contributed by atoms with Crippen LogP contribution in [0.4, 0.5) is 0 Å². The molecule has 0 amide bonds. The average Bonchev–Trinajstić information content (AvgIpc) is 2.62. The molecule has 0 fully saturated rings. The predicted molar refractivity (Wildman–Crippen MR) is 70.7 cm³/mol. The highest BCUT2D eigenvalue weighted by Gasteiger charge is 2.24. The fraction of sp³-hybridized carbons (Fsp3) is 0.333. The van der Waals surface area contributed by atoms with E-state index in [1.54, 1.807) is 12.2 Å². The summed E-state index contributed by atoms with van der Waals surface area (Å²) in [5, 5.41) is 0. The Kier molecular flexibility index (Phi) is 4.31. The Hall–Kier alpha value is -1.33. The fourth-order valence-electron chi connectivity index (χ4n) is 1.48. The lowest BCUT2D eigenvalue weighted by molar-refractivity contribution is 0.487. The Morgan fingerprint density at radius 1 is 1.53 bits per heavy atom. The van der Waals surface area contributed by atoms with Gasteiger partial charge in [-0.05, 0) is 18.6 Å². The normalized spacial score (nSPS) is 17.4. The second-order valence-electron chi connectivity index (χ2n) is 4.17. The molecule has 1 heterocycles. The van der Waals surface area contributed by atoms with Crippen molar-refractivity contribution in [1.29, 1.82) is 0 Å². The van der Waals surface area contributed by atoms with Crippen molar-refractivity contribution in [3.05, 3.63) is 48.2 Å². The number of hydrogen-bond donors (Lipinski definition) is 1. The van der Waals surface area contributed by atoms with Gasteiger partial charge in [-0.3, -0.25) is 0 Å². The molecular formula is C12H18N2O2S. The molecule has 0 aromatic carbocycles. The second kappa shape index (κ2) is 5.33. The van der Waals surface area contributed by atoms with Gasteiger partial charge in [0.2, 0.25) is 10.0 Å². The van der Waals surface area contributed by atoms with Gasteiger partial charge in [0.15, 0.2) is 0 Å². The number of sulfonamides is 1. The van der Waals surface area contributed by atoms with Crippen LogP contribution in [-0.4, -0.2) is 31.6 Å². The highest BCUT2D eigenvalue weighted by atomic mass is 32.2. The molecule has 0 saturated carbocycles. The molecule has 0 bridgehead atoms. The van der Waals surface area contributed by atoms with Gasteiger partial charge >= 0.3 is 0 Å². The molecule has 0 aromatic heterocycles. The van der Waals surface area contributed by atoms with Crippen molar-refractivity contribution in [3.8, 4) is 0 Å². The summed E-state index contributed by atoms with van der Waals surface area (Å²) in [6, 6.07) is 0. The van der Waals surface area contributed by atoms with E-state index in [9.17, 15) is 8.42 Å². The third kappa shape index (κ3) is 4.20. The van der Waals surface area contributed by atoms with E-state index >= 15 is 0 Å². The summed E-state index contributed by atoms with van der Waals surface area (Å²) in [6.45, 7) is 10.0. The van der Waals surface area contributed by atoms with Crippen molar-refractivity contribution in [2.24, 2.45) is 5.73 Å². The van der Waals surface area contributed by atoms with E-state index in [2.05, 4.69) is 13.2 Å². The lowest BCUT2D eigenvalue weighted by Crippen LogP contribution is -2.31. The van der Waals surface area contributed by atoms with Crippen LogP contribution in [0.1, 0.15) is 6.92 Å². The van der Waals surface area contributed by atoms with E-state index in [0.717, 1.165) is 5.57 Å². The molecule has 4 nitrogen and oxygen atoms in total. The van der Waals surface area contributed by atoms with Crippen LogP contribution < -0.4 is 5.73 Å². The number of nitrogens with zero attached hydrogens (tertiary/aromatic N) is 1. The van der Waals surface area contributed by atoms with Gasteiger partial charge in [-0.1, -0.05) is 30.9 Å². The van der Waals surface area contributed by atoms with E-state index in [1.165, 1.54) is 4.31 Å². The van der Waals surface area contributed by atoms with Crippen LogP contribution in [0.25, 0.3) is 0 Å². The molecule has 0 spiro atoms. The van der Waals surface area contributed by atoms with Gasteiger partial charge in [0.05, 0.1) is 5.75 Å². The first-order chi connectivity index (χ1) is 7.81.